The van der Waals surface area contributed by atoms with Crippen LogP contribution < -0.4 is 10.1 Å². The van der Waals surface area contributed by atoms with Crippen molar-refractivity contribution in [2.24, 2.45) is 0 Å². The molecule has 2 rings (SSSR count). The molecule has 1 amide bonds. The minimum atomic E-state index is -0.0550. The molecular formula is C25H33NO2. The van der Waals surface area contributed by atoms with E-state index in [-0.39, 0.29) is 17.4 Å². The van der Waals surface area contributed by atoms with Crippen LogP contribution in [0.5, 0.6) is 5.75 Å². The lowest BCUT2D eigenvalue weighted by Gasteiger charge is -2.18. The number of rotatable bonds is 8. The fourth-order valence-corrected chi connectivity index (χ4v) is 2.84. The van der Waals surface area contributed by atoms with Crippen LogP contribution in [0.1, 0.15) is 57.7 Å². The van der Waals surface area contributed by atoms with E-state index < -0.39 is 0 Å². The Morgan fingerprint density at radius 3 is 2.25 bits per heavy atom. The van der Waals surface area contributed by atoms with Crippen molar-refractivity contribution in [1.82, 2.24) is 5.32 Å². The first-order valence-corrected chi connectivity index (χ1v) is 10.1. The molecule has 3 nitrogen and oxygen atoms in total. The minimum absolute atomic E-state index is 0.0550. The molecule has 0 aliphatic heterocycles. The van der Waals surface area contributed by atoms with Crippen molar-refractivity contribution in [3.63, 3.8) is 0 Å². The molecule has 0 aromatic heterocycles. The minimum Gasteiger partial charge on any atom is -0.491 e. The van der Waals surface area contributed by atoms with Gasteiger partial charge in [-0.3, -0.25) is 4.79 Å². The first-order chi connectivity index (χ1) is 13.2. The lowest BCUT2D eigenvalue weighted by molar-refractivity contribution is -0.116. The Hall–Kier alpha value is -2.55. The van der Waals surface area contributed by atoms with Crippen molar-refractivity contribution in [2.45, 2.75) is 59.0 Å². The van der Waals surface area contributed by atoms with Gasteiger partial charge in [0.25, 0.3) is 0 Å². The van der Waals surface area contributed by atoms with E-state index in [2.05, 4.69) is 62.5 Å². The summed E-state index contributed by atoms with van der Waals surface area (Å²) in [5.74, 6) is 0.841. The molecule has 0 spiro atoms. The van der Waals surface area contributed by atoms with Gasteiger partial charge >= 0.3 is 0 Å². The molecule has 2 aromatic rings. The summed E-state index contributed by atoms with van der Waals surface area (Å²) >= 11 is 0. The highest BCUT2D eigenvalue weighted by atomic mass is 16.5. The Morgan fingerprint density at radius 1 is 1.04 bits per heavy atom. The SMILES string of the molecule is CC(C)Oc1ccc(CCCNC(=O)/C=C/c2ccc(C(C)(C)C)cc2)cc1. The molecule has 0 aliphatic carbocycles. The zero-order valence-electron chi connectivity index (χ0n) is 17.8. The average molecular weight is 380 g/mol. The Morgan fingerprint density at radius 2 is 1.68 bits per heavy atom. The Labute approximate surface area is 169 Å². The van der Waals surface area contributed by atoms with Gasteiger partial charge in [0, 0.05) is 12.6 Å². The van der Waals surface area contributed by atoms with Gasteiger partial charge in [-0.25, -0.2) is 0 Å². The van der Waals surface area contributed by atoms with Crippen molar-refractivity contribution in [3.05, 3.63) is 71.3 Å². The van der Waals surface area contributed by atoms with Gasteiger partial charge in [0.15, 0.2) is 0 Å². The van der Waals surface area contributed by atoms with Crippen LogP contribution in [0.25, 0.3) is 6.08 Å². The molecule has 2 aromatic carbocycles. The van der Waals surface area contributed by atoms with Crippen LogP contribution in [-0.2, 0) is 16.6 Å². The van der Waals surface area contributed by atoms with Gasteiger partial charge in [-0.2, -0.15) is 0 Å². The summed E-state index contributed by atoms with van der Waals surface area (Å²) in [5, 5.41) is 2.95. The van der Waals surface area contributed by atoms with E-state index in [0.717, 1.165) is 24.2 Å². The molecule has 0 saturated carbocycles. The number of amides is 1. The molecule has 1 N–H and O–H groups in total. The summed E-state index contributed by atoms with van der Waals surface area (Å²) in [6.07, 6.45) is 5.48. The third-order valence-corrected chi connectivity index (χ3v) is 4.44. The summed E-state index contributed by atoms with van der Waals surface area (Å²) in [5.41, 5.74) is 3.71. The number of nitrogens with one attached hydrogen (secondary N) is 1. The normalized spacial score (nSPS) is 11.8. The fraction of sp³-hybridized carbons (Fsp3) is 0.400. The standard InChI is InChI=1S/C25H33NO2/c1-19(2)28-23-15-10-20(11-16-23)7-6-18-26-24(27)17-12-21-8-13-22(14-9-21)25(3,4)5/h8-17,19H,6-7,18H2,1-5H3,(H,26,27)/b17-12+. The molecule has 0 heterocycles. The highest BCUT2D eigenvalue weighted by Crippen LogP contribution is 2.22. The molecule has 150 valence electrons. The Kier molecular flexibility index (Phi) is 7.86. The molecule has 3 heteroatoms. The number of carbonyl (C=O) groups is 1. The molecule has 0 radical (unpaired) electrons. The molecule has 0 fully saturated rings. The maximum Gasteiger partial charge on any atom is 0.243 e. The molecule has 0 aliphatic rings. The van der Waals surface area contributed by atoms with Gasteiger partial charge in [0.05, 0.1) is 6.10 Å². The second kappa shape index (κ2) is 10.1. The van der Waals surface area contributed by atoms with Crippen molar-refractivity contribution < 1.29 is 9.53 Å². The number of ether oxygens (including phenoxy) is 1. The number of hydrogen-bond acceptors (Lipinski definition) is 2. The Balaban J connectivity index is 1.71. The van der Waals surface area contributed by atoms with Gasteiger partial charge in [0.2, 0.25) is 5.91 Å². The zero-order valence-corrected chi connectivity index (χ0v) is 17.8. The molecule has 0 unspecified atom stereocenters. The van der Waals surface area contributed by atoms with Gasteiger partial charge in [0.1, 0.15) is 5.75 Å². The van der Waals surface area contributed by atoms with E-state index in [1.165, 1.54) is 11.1 Å². The smallest absolute Gasteiger partial charge is 0.243 e. The van der Waals surface area contributed by atoms with E-state index >= 15 is 0 Å². The van der Waals surface area contributed by atoms with E-state index in [1.54, 1.807) is 6.08 Å². The maximum atomic E-state index is 12.0. The predicted molar refractivity (Wildman–Crippen MR) is 118 cm³/mol. The second-order valence-corrected chi connectivity index (χ2v) is 8.41. The first kappa shape index (κ1) is 21.7. The topological polar surface area (TPSA) is 38.3 Å². The lowest BCUT2D eigenvalue weighted by atomic mass is 9.87. The molecule has 0 saturated heterocycles. The number of benzene rings is 2. The number of hydrogen-bond donors (Lipinski definition) is 1. The maximum absolute atomic E-state index is 12.0. The third-order valence-electron chi connectivity index (χ3n) is 4.44. The highest BCUT2D eigenvalue weighted by Gasteiger charge is 2.12. The van der Waals surface area contributed by atoms with Crippen molar-refractivity contribution in [1.29, 1.82) is 0 Å². The van der Waals surface area contributed by atoms with E-state index in [4.69, 9.17) is 4.74 Å². The average Bonchev–Trinajstić information content (AvgIpc) is 2.64. The molecule has 28 heavy (non-hydrogen) atoms. The predicted octanol–water partition coefficient (Wildman–Crippen LogP) is 5.53. The summed E-state index contributed by atoms with van der Waals surface area (Å²) in [6, 6.07) is 16.5. The fourth-order valence-electron chi connectivity index (χ4n) is 2.84. The van der Waals surface area contributed by atoms with Gasteiger partial charge in [-0.1, -0.05) is 57.2 Å². The third kappa shape index (κ3) is 7.59. The van der Waals surface area contributed by atoms with Crippen LogP contribution >= 0.6 is 0 Å². The number of carbonyl (C=O) groups excluding carboxylic acids is 1. The molecule has 0 atom stereocenters. The zero-order chi connectivity index (χ0) is 20.6. The molecular weight excluding hydrogens is 346 g/mol. The summed E-state index contributed by atoms with van der Waals surface area (Å²) in [4.78, 5) is 12.0. The first-order valence-electron chi connectivity index (χ1n) is 10.1. The summed E-state index contributed by atoms with van der Waals surface area (Å²) in [6.45, 7) is 11.3. The van der Waals surface area contributed by atoms with E-state index in [1.807, 2.05) is 32.1 Å². The van der Waals surface area contributed by atoms with Crippen LogP contribution in [0.2, 0.25) is 0 Å². The van der Waals surface area contributed by atoms with Gasteiger partial charge in [-0.05, 0) is 67.0 Å². The monoisotopic (exact) mass is 379 g/mol. The van der Waals surface area contributed by atoms with Crippen LogP contribution in [0.3, 0.4) is 0 Å². The molecule has 0 bridgehead atoms. The van der Waals surface area contributed by atoms with Crippen LogP contribution in [-0.4, -0.2) is 18.6 Å². The second-order valence-electron chi connectivity index (χ2n) is 8.41. The van der Waals surface area contributed by atoms with E-state index in [0.29, 0.717) is 6.54 Å². The van der Waals surface area contributed by atoms with Crippen LogP contribution in [0.4, 0.5) is 0 Å². The van der Waals surface area contributed by atoms with E-state index in [9.17, 15) is 4.79 Å². The van der Waals surface area contributed by atoms with Crippen molar-refractivity contribution in [2.75, 3.05) is 6.54 Å². The van der Waals surface area contributed by atoms with Gasteiger partial charge < -0.3 is 10.1 Å². The quantitative estimate of drug-likeness (QED) is 0.483. The Bertz CT molecular complexity index is 766. The van der Waals surface area contributed by atoms with Crippen LogP contribution in [0, 0.1) is 0 Å². The lowest BCUT2D eigenvalue weighted by Crippen LogP contribution is -2.22. The summed E-state index contributed by atoms with van der Waals surface area (Å²) < 4.78 is 5.65. The van der Waals surface area contributed by atoms with Crippen molar-refractivity contribution >= 4 is 12.0 Å². The van der Waals surface area contributed by atoms with Crippen LogP contribution in [0.15, 0.2) is 54.6 Å². The largest absolute Gasteiger partial charge is 0.491 e. The van der Waals surface area contributed by atoms with Gasteiger partial charge in [-0.15, -0.1) is 0 Å². The van der Waals surface area contributed by atoms with Crippen molar-refractivity contribution in [3.8, 4) is 5.75 Å². The highest BCUT2D eigenvalue weighted by molar-refractivity contribution is 5.91. The summed E-state index contributed by atoms with van der Waals surface area (Å²) in [7, 11) is 0. The number of aryl methyl sites for hydroxylation is 1.